The number of unbranched alkanes of at least 4 members (excludes halogenated alkanes) is 2. The number of benzene rings is 1. The molecule has 0 saturated heterocycles. The van der Waals surface area contributed by atoms with E-state index < -0.39 is 0 Å². The average Bonchev–Trinajstić information content (AvgIpc) is 2.57. The summed E-state index contributed by atoms with van der Waals surface area (Å²) in [4.78, 5) is 0. The van der Waals surface area contributed by atoms with Crippen molar-refractivity contribution in [2.45, 2.75) is 77.0 Å². The Morgan fingerprint density at radius 3 is 2.41 bits per heavy atom. The quantitative estimate of drug-likeness (QED) is 0.455. The maximum Gasteiger partial charge on any atom is 0.0827 e. The van der Waals surface area contributed by atoms with Gasteiger partial charge in [-0.15, -0.1) is 0 Å². The topological polar surface area (TPSA) is 0 Å². The lowest BCUT2D eigenvalue weighted by Crippen LogP contribution is -2.13. The van der Waals surface area contributed by atoms with E-state index in [1.54, 1.807) is 6.08 Å². The molecule has 1 saturated carbocycles. The van der Waals surface area contributed by atoms with Gasteiger partial charge in [0.1, 0.15) is 0 Å². The van der Waals surface area contributed by atoms with Gasteiger partial charge in [0, 0.05) is 0 Å². The molecule has 0 unspecified atom stereocenters. The van der Waals surface area contributed by atoms with E-state index in [-0.39, 0.29) is 0 Å². The number of aryl methyl sites for hydroxylation is 1. The molecular weight excluding hydrogens is 271 g/mol. The first-order valence-corrected chi connectivity index (χ1v) is 9.17. The summed E-state index contributed by atoms with van der Waals surface area (Å²) >= 11 is 0. The van der Waals surface area contributed by atoms with Gasteiger partial charge in [0.2, 0.25) is 0 Å². The molecule has 1 aromatic rings. The lowest BCUT2D eigenvalue weighted by atomic mass is 9.77. The minimum atomic E-state index is 0.646. The summed E-state index contributed by atoms with van der Waals surface area (Å²) in [5, 5.41) is 0. The van der Waals surface area contributed by atoms with Crippen LogP contribution in [0.3, 0.4) is 0 Å². The maximum absolute atomic E-state index is 12.0. The third-order valence-corrected chi connectivity index (χ3v) is 5.20. The van der Waals surface area contributed by atoms with Crippen molar-refractivity contribution < 1.29 is 4.39 Å². The van der Waals surface area contributed by atoms with E-state index in [2.05, 4.69) is 31.2 Å². The smallest absolute Gasteiger partial charge is 0.0827 e. The number of hydrogen-bond donors (Lipinski definition) is 0. The normalized spacial score (nSPS) is 22.3. The first kappa shape index (κ1) is 17.2. The molecule has 1 aromatic carbocycles. The molecule has 2 rings (SSSR count). The van der Waals surface area contributed by atoms with E-state index in [1.165, 1.54) is 62.5 Å². The molecule has 1 aliphatic carbocycles. The second-order valence-corrected chi connectivity index (χ2v) is 6.86. The zero-order valence-electron chi connectivity index (χ0n) is 14.1. The Hall–Kier alpha value is -1.11. The third kappa shape index (κ3) is 5.59. The van der Waals surface area contributed by atoms with Crippen molar-refractivity contribution in [1.29, 1.82) is 0 Å². The van der Waals surface area contributed by atoms with Crippen LogP contribution in [0.25, 0.3) is 0 Å². The molecule has 22 heavy (non-hydrogen) atoms. The Labute approximate surface area is 135 Å². The second-order valence-electron chi connectivity index (χ2n) is 6.86. The largest absolute Gasteiger partial charge is 0.216 e. The van der Waals surface area contributed by atoms with Crippen LogP contribution in [-0.4, -0.2) is 0 Å². The SMILES string of the molecule is CCCCC[C@H]1CC[C@H](c2ccc(CC/C=C/F)cc2)CC1. The van der Waals surface area contributed by atoms with Gasteiger partial charge in [0.15, 0.2) is 0 Å². The van der Waals surface area contributed by atoms with Crippen molar-refractivity contribution in [3.63, 3.8) is 0 Å². The number of hydrogen-bond acceptors (Lipinski definition) is 0. The summed E-state index contributed by atoms with van der Waals surface area (Å²) < 4.78 is 12.0. The Morgan fingerprint density at radius 2 is 1.77 bits per heavy atom. The van der Waals surface area contributed by atoms with Gasteiger partial charge in [-0.25, -0.2) is 4.39 Å². The summed E-state index contributed by atoms with van der Waals surface area (Å²) in [6.45, 7) is 2.29. The van der Waals surface area contributed by atoms with Gasteiger partial charge in [0.05, 0.1) is 6.33 Å². The van der Waals surface area contributed by atoms with Crippen LogP contribution in [0, 0.1) is 5.92 Å². The third-order valence-electron chi connectivity index (χ3n) is 5.20. The van der Waals surface area contributed by atoms with E-state index in [0.717, 1.165) is 24.7 Å². The van der Waals surface area contributed by atoms with Gasteiger partial charge < -0.3 is 0 Å². The van der Waals surface area contributed by atoms with Crippen LogP contribution in [0.5, 0.6) is 0 Å². The van der Waals surface area contributed by atoms with Gasteiger partial charge in [-0.3, -0.25) is 0 Å². The van der Waals surface area contributed by atoms with Crippen molar-refractivity contribution in [3.05, 3.63) is 47.8 Å². The number of rotatable bonds is 8. The van der Waals surface area contributed by atoms with E-state index in [4.69, 9.17) is 0 Å². The van der Waals surface area contributed by atoms with E-state index in [1.807, 2.05) is 0 Å². The van der Waals surface area contributed by atoms with Crippen LogP contribution in [0.1, 0.15) is 81.8 Å². The molecule has 0 atom stereocenters. The first-order valence-electron chi connectivity index (χ1n) is 9.17. The highest BCUT2D eigenvalue weighted by Gasteiger charge is 2.21. The van der Waals surface area contributed by atoms with Crippen molar-refractivity contribution in [1.82, 2.24) is 0 Å². The maximum atomic E-state index is 12.0. The molecule has 0 amide bonds. The molecule has 1 fully saturated rings. The molecular formula is C21H31F. The lowest BCUT2D eigenvalue weighted by Gasteiger charge is -2.29. The van der Waals surface area contributed by atoms with Crippen molar-refractivity contribution in [3.8, 4) is 0 Å². The van der Waals surface area contributed by atoms with Crippen LogP contribution < -0.4 is 0 Å². The number of halogens is 1. The summed E-state index contributed by atoms with van der Waals surface area (Å²) in [6, 6.07) is 9.07. The minimum Gasteiger partial charge on any atom is -0.216 e. The summed E-state index contributed by atoms with van der Waals surface area (Å²) in [7, 11) is 0. The van der Waals surface area contributed by atoms with Crippen LogP contribution in [-0.2, 0) is 6.42 Å². The Morgan fingerprint density at radius 1 is 1.05 bits per heavy atom. The zero-order chi connectivity index (χ0) is 15.6. The Bertz CT molecular complexity index is 424. The lowest BCUT2D eigenvalue weighted by molar-refractivity contribution is 0.303. The predicted octanol–water partition coefficient (Wildman–Crippen LogP) is 6.96. The van der Waals surface area contributed by atoms with Gasteiger partial charge in [0.25, 0.3) is 0 Å². The van der Waals surface area contributed by atoms with Crippen LogP contribution in [0.15, 0.2) is 36.7 Å². The summed E-state index contributed by atoms with van der Waals surface area (Å²) in [6.07, 6.45) is 15.1. The summed E-state index contributed by atoms with van der Waals surface area (Å²) in [5.74, 6) is 1.75. The second kappa shape index (κ2) is 9.82. The van der Waals surface area contributed by atoms with Crippen LogP contribution >= 0.6 is 0 Å². The van der Waals surface area contributed by atoms with Gasteiger partial charge in [-0.05, 0) is 61.5 Å². The van der Waals surface area contributed by atoms with E-state index in [0.29, 0.717) is 6.33 Å². The highest BCUT2D eigenvalue weighted by molar-refractivity contribution is 5.26. The van der Waals surface area contributed by atoms with E-state index >= 15 is 0 Å². The Balaban J connectivity index is 1.76. The molecule has 1 heteroatoms. The monoisotopic (exact) mass is 302 g/mol. The standard InChI is InChI=1S/C21H31F/c1-2-3-4-7-18-9-13-20(14-10-18)21-15-11-19(12-16-21)8-5-6-17-22/h6,11-12,15-18,20H,2-5,7-10,13-14H2,1H3/b17-6+/t18-,20-. The molecule has 0 aliphatic heterocycles. The molecule has 0 N–H and O–H groups in total. The fourth-order valence-electron chi connectivity index (χ4n) is 3.74. The van der Waals surface area contributed by atoms with Crippen LogP contribution in [0.2, 0.25) is 0 Å². The average molecular weight is 302 g/mol. The van der Waals surface area contributed by atoms with Crippen molar-refractivity contribution >= 4 is 0 Å². The highest BCUT2D eigenvalue weighted by atomic mass is 19.1. The molecule has 122 valence electrons. The van der Waals surface area contributed by atoms with Crippen LogP contribution in [0.4, 0.5) is 4.39 Å². The summed E-state index contributed by atoms with van der Waals surface area (Å²) in [5.41, 5.74) is 2.83. The number of allylic oxidation sites excluding steroid dienone is 1. The van der Waals surface area contributed by atoms with Crippen molar-refractivity contribution in [2.24, 2.45) is 5.92 Å². The molecule has 0 radical (unpaired) electrons. The van der Waals surface area contributed by atoms with Gasteiger partial charge in [-0.1, -0.05) is 62.9 Å². The molecule has 0 bridgehead atoms. The minimum absolute atomic E-state index is 0.646. The van der Waals surface area contributed by atoms with Gasteiger partial charge >= 0.3 is 0 Å². The molecule has 1 aliphatic rings. The fourth-order valence-corrected chi connectivity index (χ4v) is 3.74. The molecule has 0 nitrogen and oxygen atoms in total. The predicted molar refractivity (Wildman–Crippen MR) is 93.9 cm³/mol. The van der Waals surface area contributed by atoms with E-state index in [9.17, 15) is 4.39 Å². The zero-order valence-corrected chi connectivity index (χ0v) is 14.1. The molecule has 0 heterocycles. The van der Waals surface area contributed by atoms with Gasteiger partial charge in [-0.2, -0.15) is 0 Å². The fraction of sp³-hybridized carbons (Fsp3) is 0.619. The van der Waals surface area contributed by atoms with Crippen molar-refractivity contribution in [2.75, 3.05) is 0 Å². The highest BCUT2D eigenvalue weighted by Crippen LogP contribution is 2.37. The first-order chi connectivity index (χ1) is 10.8. The molecule has 0 aromatic heterocycles. The molecule has 0 spiro atoms. The Kier molecular flexibility index (Phi) is 7.70.